The lowest BCUT2D eigenvalue weighted by Gasteiger charge is -2.08. The van der Waals surface area contributed by atoms with Crippen LogP contribution in [0.5, 0.6) is 11.5 Å². The van der Waals surface area contributed by atoms with Gasteiger partial charge in [0.1, 0.15) is 11.5 Å². The summed E-state index contributed by atoms with van der Waals surface area (Å²) in [6.45, 7) is 2.04. The van der Waals surface area contributed by atoms with Gasteiger partial charge < -0.3 is 4.74 Å². The van der Waals surface area contributed by atoms with Crippen molar-refractivity contribution in [2.75, 3.05) is 0 Å². The maximum atomic E-state index is 12.8. The van der Waals surface area contributed by atoms with Crippen LogP contribution in [0.4, 0.5) is 0 Å². The van der Waals surface area contributed by atoms with E-state index >= 15 is 0 Å². The van der Waals surface area contributed by atoms with E-state index in [1.165, 1.54) is 5.56 Å². The van der Waals surface area contributed by atoms with E-state index in [4.69, 9.17) is 4.74 Å². The summed E-state index contributed by atoms with van der Waals surface area (Å²) in [5.41, 5.74) is 4.74. The van der Waals surface area contributed by atoms with E-state index in [0.717, 1.165) is 16.9 Å². The molecule has 0 fully saturated rings. The van der Waals surface area contributed by atoms with Gasteiger partial charge in [-0.1, -0.05) is 72.3 Å². The second-order valence-corrected chi connectivity index (χ2v) is 6.71. The first-order valence-corrected chi connectivity index (χ1v) is 9.24. The Morgan fingerprint density at radius 1 is 0.571 bits per heavy atom. The highest BCUT2D eigenvalue weighted by molar-refractivity contribution is 6.09. The van der Waals surface area contributed by atoms with E-state index in [1.54, 1.807) is 12.1 Å². The van der Waals surface area contributed by atoms with Crippen molar-refractivity contribution < 1.29 is 9.53 Å². The van der Waals surface area contributed by atoms with Gasteiger partial charge in [0, 0.05) is 11.1 Å². The van der Waals surface area contributed by atoms with Crippen molar-refractivity contribution in [2.24, 2.45) is 0 Å². The Balaban J connectivity index is 1.48. The smallest absolute Gasteiger partial charge is 0.193 e. The van der Waals surface area contributed by atoms with Gasteiger partial charge in [-0.3, -0.25) is 4.79 Å². The average molecular weight is 364 g/mol. The summed E-state index contributed by atoms with van der Waals surface area (Å²) in [6.07, 6.45) is 0. The van der Waals surface area contributed by atoms with E-state index in [0.29, 0.717) is 16.9 Å². The molecule has 0 aliphatic rings. The molecule has 0 amide bonds. The van der Waals surface area contributed by atoms with E-state index in [9.17, 15) is 4.79 Å². The van der Waals surface area contributed by atoms with Gasteiger partial charge in [-0.15, -0.1) is 0 Å². The Morgan fingerprint density at radius 3 is 1.61 bits per heavy atom. The van der Waals surface area contributed by atoms with Crippen molar-refractivity contribution in [1.29, 1.82) is 0 Å². The van der Waals surface area contributed by atoms with E-state index in [-0.39, 0.29) is 5.78 Å². The fraction of sp³-hybridized carbons (Fsp3) is 0.0385. The molecule has 0 bridgehead atoms. The number of hydrogen-bond acceptors (Lipinski definition) is 2. The zero-order chi connectivity index (χ0) is 19.3. The summed E-state index contributed by atoms with van der Waals surface area (Å²) in [4.78, 5) is 12.8. The van der Waals surface area contributed by atoms with Gasteiger partial charge in [0.15, 0.2) is 5.78 Å². The second-order valence-electron chi connectivity index (χ2n) is 6.71. The summed E-state index contributed by atoms with van der Waals surface area (Å²) in [7, 11) is 0. The zero-order valence-corrected chi connectivity index (χ0v) is 15.6. The SMILES string of the molecule is Cc1ccc(Oc2ccc(C(=O)c3ccc(-c4ccccc4)cc3)cc2)cc1. The van der Waals surface area contributed by atoms with Gasteiger partial charge in [0.25, 0.3) is 0 Å². The van der Waals surface area contributed by atoms with Gasteiger partial charge in [0.2, 0.25) is 0 Å². The fourth-order valence-corrected chi connectivity index (χ4v) is 3.03. The number of aryl methyl sites for hydroxylation is 1. The van der Waals surface area contributed by atoms with Crippen molar-refractivity contribution >= 4 is 5.78 Å². The van der Waals surface area contributed by atoms with Gasteiger partial charge in [-0.2, -0.15) is 0 Å². The zero-order valence-electron chi connectivity index (χ0n) is 15.6. The molecule has 0 atom stereocenters. The van der Waals surface area contributed by atoms with Gasteiger partial charge in [-0.25, -0.2) is 0 Å². The van der Waals surface area contributed by atoms with Crippen LogP contribution < -0.4 is 4.74 Å². The number of ketones is 1. The lowest BCUT2D eigenvalue weighted by atomic mass is 9.99. The number of carbonyl (C=O) groups is 1. The molecule has 4 aromatic rings. The molecule has 2 heteroatoms. The van der Waals surface area contributed by atoms with Crippen LogP contribution >= 0.6 is 0 Å². The quantitative estimate of drug-likeness (QED) is 0.369. The van der Waals surface area contributed by atoms with Crippen LogP contribution in [0.15, 0.2) is 103 Å². The minimum Gasteiger partial charge on any atom is -0.457 e. The molecule has 2 nitrogen and oxygen atoms in total. The monoisotopic (exact) mass is 364 g/mol. The molecule has 4 aromatic carbocycles. The Morgan fingerprint density at radius 2 is 1.04 bits per heavy atom. The van der Waals surface area contributed by atoms with Gasteiger partial charge in [0.05, 0.1) is 0 Å². The number of benzene rings is 4. The molecule has 136 valence electrons. The maximum Gasteiger partial charge on any atom is 0.193 e. The minimum atomic E-state index is 0.00139. The fourth-order valence-electron chi connectivity index (χ4n) is 3.03. The lowest BCUT2D eigenvalue weighted by Crippen LogP contribution is -2.01. The van der Waals surface area contributed by atoms with Crippen molar-refractivity contribution in [1.82, 2.24) is 0 Å². The molecule has 0 N–H and O–H groups in total. The summed E-state index contributed by atoms with van der Waals surface area (Å²) in [6, 6.07) is 33.0. The van der Waals surface area contributed by atoms with Gasteiger partial charge in [-0.05, 0) is 54.4 Å². The van der Waals surface area contributed by atoms with Crippen molar-refractivity contribution in [2.45, 2.75) is 6.92 Å². The van der Waals surface area contributed by atoms with Crippen LogP contribution in [0.2, 0.25) is 0 Å². The second kappa shape index (κ2) is 7.93. The van der Waals surface area contributed by atoms with Crippen molar-refractivity contribution in [3.05, 3.63) is 120 Å². The number of ether oxygens (including phenoxy) is 1. The van der Waals surface area contributed by atoms with Crippen LogP contribution in [-0.2, 0) is 0 Å². The summed E-state index contributed by atoms with van der Waals surface area (Å²) < 4.78 is 5.83. The molecule has 0 aliphatic carbocycles. The third kappa shape index (κ3) is 4.02. The predicted octanol–water partition coefficient (Wildman–Crippen LogP) is 6.69. The molecule has 28 heavy (non-hydrogen) atoms. The highest BCUT2D eigenvalue weighted by atomic mass is 16.5. The molecule has 0 aliphatic heterocycles. The predicted molar refractivity (Wildman–Crippen MR) is 113 cm³/mol. The van der Waals surface area contributed by atoms with Gasteiger partial charge >= 0.3 is 0 Å². The molecular formula is C26H20O2. The Bertz CT molecular complexity index is 1060. The van der Waals surface area contributed by atoms with Crippen molar-refractivity contribution in [3.8, 4) is 22.6 Å². The molecule has 4 rings (SSSR count). The Kier molecular flexibility index (Phi) is 5.03. The summed E-state index contributed by atoms with van der Waals surface area (Å²) in [5, 5.41) is 0. The molecule has 0 saturated carbocycles. The first-order chi connectivity index (χ1) is 13.7. The number of hydrogen-bond donors (Lipinski definition) is 0. The van der Waals surface area contributed by atoms with Crippen molar-refractivity contribution in [3.63, 3.8) is 0 Å². The average Bonchev–Trinajstić information content (AvgIpc) is 2.76. The molecule has 0 radical (unpaired) electrons. The largest absolute Gasteiger partial charge is 0.457 e. The highest BCUT2D eigenvalue weighted by Gasteiger charge is 2.10. The van der Waals surface area contributed by atoms with E-state index in [1.807, 2.05) is 85.8 Å². The minimum absolute atomic E-state index is 0.00139. The van der Waals surface area contributed by atoms with Crippen LogP contribution in [0, 0.1) is 6.92 Å². The molecule has 0 spiro atoms. The Labute approximate surface area is 165 Å². The standard InChI is InChI=1S/C26H20O2/c1-19-7-15-24(16-8-19)28-25-17-13-23(14-18-25)26(27)22-11-9-21(10-12-22)20-5-3-2-4-6-20/h2-18H,1H3. The third-order valence-corrected chi connectivity index (χ3v) is 4.63. The summed E-state index contributed by atoms with van der Waals surface area (Å²) in [5.74, 6) is 1.49. The Hall–Kier alpha value is -3.65. The molecule has 0 unspecified atom stereocenters. The maximum absolute atomic E-state index is 12.8. The van der Waals surface area contributed by atoms with Crippen LogP contribution in [0.1, 0.15) is 21.5 Å². The van der Waals surface area contributed by atoms with E-state index in [2.05, 4.69) is 12.1 Å². The molecule has 0 heterocycles. The number of rotatable bonds is 5. The lowest BCUT2D eigenvalue weighted by molar-refractivity contribution is 0.103. The van der Waals surface area contributed by atoms with Crippen LogP contribution in [-0.4, -0.2) is 5.78 Å². The molecule has 0 aromatic heterocycles. The number of carbonyl (C=O) groups excluding carboxylic acids is 1. The normalized spacial score (nSPS) is 10.5. The van der Waals surface area contributed by atoms with Crippen LogP contribution in [0.25, 0.3) is 11.1 Å². The van der Waals surface area contributed by atoms with Crippen LogP contribution in [0.3, 0.4) is 0 Å². The molecular weight excluding hydrogens is 344 g/mol. The first kappa shape index (κ1) is 17.7. The van der Waals surface area contributed by atoms with E-state index < -0.39 is 0 Å². The highest BCUT2D eigenvalue weighted by Crippen LogP contribution is 2.24. The summed E-state index contributed by atoms with van der Waals surface area (Å²) >= 11 is 0. The molecule has 0 saturated heterocycles. The topological polar surface area (TPSA) is 26.3 Å². The first-order valence-electron chi connectivity index (χ1n) is 9.24. The third-order valence-electron chi connectivity index (χ3n) is 4.63.